The zero-order valence-corrected chi connectivity index (χ0v) is 21.6. The van der Waals surface area contributed by atoms with Crippen molar-refractivity contribution in [1.82, 2.24) is 29.1 Å². The molecule has 4 aromatic heterocycles. The summed E-state index contributed by atoms with van der Waals surface area (Å²) in [6.45, 7) is 1.56. The number of thiazole rings is 1. The van der Waals surface area contributed by atoms with Gasteiger partial charge in [0.1, 0.15) is 11.5 Å². The topological polar surface area (TPSA) is 118 Å². The van der Waals surface area contributed by atoms with Crippen LogP contribution in [0.2, 0.25) is 0 Å². The third-order valence-electron chi connectivity index (χ3n) is 7.54. The molecule has 2 aliphatic carbocycles. The largest absolute Gasteiger partial charge is 0.368 e. The molecular weight excluding hydrogens is 498 g/mol. The summed E-state index contributed by atoms with van der Waals surface area (Å²) in [5.41, 5.74) is 3.21. The number of hydrogen-bond acceptors (Lipinski definition) is 8. The Bertz CT molecular complexity index is 1530. The molecule has 1 saturated heterocycles. The van der Waals surface area contributed by atoms with E-state index < -0.39 is 0 Å². The first-order valence-electron chi connectivity index (χ1n) is 13.1. The minimum atomic E-state index is -0.314. The van der Waals surface area contributed by atoms with Gasteiger partial charge in [-0.1, -0.05) is 0 Å². The van der Waals surface area contributed by atoms with Crippen molar-refractivity contribution in [2.45, 2.75) is 50.5 Å². The number of imidazole rings is 2. The summed E-state index contributed by atoms with van der Waals surface area (Å²) < 4.78 is 4.16. The predicted octanol–water partition coefficient (Wildman–Crippen LogP) is 4.79. The number of carbonyl (C=O) groups is 1. The van der Waals surface area contributed by atoms with Gasteiger partial charge in [-0.05, 0) is 44.6 Å². The molecular formula is C27H27N9OS. The highest BCUT2D eigenvalue weighted by atomic mass is 32.1. The summed E-state index contributed by atoms with van der Waals surface area (Å²) in [5, 5.41) is 14.8. The monoisotopic (exact) mass is 525 g/mol. The molecule has 5 heterocycles. The van der Waals surface area contributed by atoms with Crippen LogP contribution < -0.4 is 10.2 Å². The average Bonchev–Trinajstić information content (AvgIpc) is 3.83. The Hall–Kier alpha value is -4.04. The molecule has 1 amide bonds. The molecule has 7 rings (SSSR count). The number of carbonyl (C=O) groups excluding carboxylic acids is 1. The van der Waals surface area contributed by atoms with Crippen LogP contribution in [0.4, 0.5) is 11.5 Å². The Labute approximate surface area is 224 Å². The summed E-state index contributed by atoms with van der Waals surface area (Å²) in [6.07, 6.45) is 15.8. The van der Waals surface area contributed by atoms with Gasteiger partial charge >= 0.3 is 0 Å². The molecule has 0 aromatic carbocycles. The number of aromatic nitrogens is 6. The fourth-order valence-corrected chi connectivity index (χ4v) is 5.81. The van der Waals surface area contributed by atoms with Crippen molar-refractivity contribution < 1.29 is 4.79 Å². The van der Waals surface area contributed by atoms with E-state index in [0.29, 0.717) is 23.5 Å². The van der Waals surface area contributed by atoms with Crippen LogP contribution >= 0.6 is 11.3 Å². The lowest BCUT2D eigenvalue weighted by atomic mass is 9.98. The summed E-state index contributed by atoms with van der Waals surface area (Å²) in [5.74, 6) is 1.64. The maximum Gasteiger partial charge on any atom is 0.275 e. The molecule has 3 fully saturated rings. The second kappa shape index (κ2) is 9.36. The van der Waals surface area contributed by atoms with E-state index >= 15 is 0 Å². The summed E-state index contributed by atoms with van der Waals surface area (Å²) >= 11 is 1.47. The summed E-state index contributed by atoms with van der Waals surface area (Å²) in [4.78, 5) is 33.8. The van der Waals surface area contributed by atoms with Gasteiger partial charge in [0.2, 0.25) is 0 Å². The van der Waals surface area contributed by atoms with Crippen molar-refractivity contribution in [2.24, 2.45) is 5.92 Å². The molecule has 4 aromatic rings. The Morgan fingerprint density at radius 1 is 1.08 bits per heavy atom. The Morgan fingerprint density at radius 2 is 1.92 bits per heavy atom. The Balaban J connectivity index is 1.15. The van der Waals surface area contributed by atoms with E-state index in [0.717, 1.165) is 66.7 Å². The number of piperidine rings is 1. The standard InChI is InChI=1S/C27H27N9OS/c28-12-17-5-8-34(9-6-17)23-13-30-20(11-22(23)35-14-21(31-16-35)18-1-2-18)26(37)32-24-15-38-27(33-24)25-29-7-10-36(25)19-3-4-19/h7,10-11,13-19H,1-6,8-9H2,(H,32,37). The number of hydrogen-bond donors (Lipinski definition) is 1. The SMILES string of the molecule is N#CC1CCN(c2cnc(C(=O)Nc3csc(-c4nccn4C4CC4)n3)cc2-n2cnc(C3CC3)c2)CC1. The summed E-state index contributed by atoms with van der Waals surface area (Å²) in [7, 11) is 0. The predicted molar refractivity (Wildman–Crippen MR) is 143 cm³/mol. The minimum absolute atomic E-state index is 0.0905. The number of rotatable bonds is 7. The van der Waals surface area contributed by atoms with E-state index in [2.05, 4.69) is 47.0 Å². The molecule has 3 aliphatic rings. The zero-order valence-electron chi connectivity index (χ0n) is 20.8. The van der Waals surface area contributed by atoms with E-state index in [9.17, 15) is 10.1 Å². The number of anilines is 2. The first-order chi connectivity index (χ1) is 18.7. The van der Waals surface area contributed by atoms with Gasteiger partial charge in [0.05, 0.1) is 35.7 Å². The van der Waals surface area contributed by atoms with Gasteiger partial charge in [0.25, 0.3) is 5.91 Å². The lowest BCUT2D eigenvalue weighted by molar-refractivity contribution is 0.102. The smallest absolute Gasteiger partial charge is 0.275 e. The highest BCUT2D eigenvalue weighted by molar-refractivity contribution is 7.13. The molecule has 0 atom stereocenters. The molecule has 1 aliphatic heterocycles. The molecule has 0 radical (unpaired) electrons. The van der Waals surface area contributed by atoms with Gasteiger partial charge in [-0.25, -0.2) is 19.9 Å². The van der Waals surface area contributed by atoms with Crippen LogP contribution in [0.25, 0.3) is 16.5 Å². The van der Waals surface area contributed by atoms with Gasteiger partial charge in [-0.3, -0.25) is 4.79 Å². The molecule has 2 saturated carbocycles. The van der Waals surface area contributed by atoms with Gasteiger partial charge in [0.15, 0.2) is 10.8 Å². The number of pyridine rings is 1. The molecule has 192 valence electrons. The first-order valence-corrected chi connectivity index (χ1v) is 14.0. The first kappa shape index (κ1) is 23.1. The average molecular weight is 526 g/mol. The van der Waals surface area contributed by atoms with Crippen LogP contribution in [0, 0.1) is 17.2 Å². The van der Waals surface area contributed by atoms with E-state index in [-0.39, 0.29) is 11.8 Å². The molecule has 10 nitrogen and oxygen atoms in total. The molecule has 0 spiro atoms. The fourth-order valence-electron chi connectivity index (χ4n) is 5.06. The van der Waals surface area contributed by atoms with Crippen molar-refractivity contribution in [1.29, 1.82) is 5.26 Å². The van der Waals surface area contributed by atoms with Crippen molar-refractivity contribution >= 4 is 28.7 Å². The number of nitrogens with zero attached hydrogens (tertiary/aromatic N) is 8. The van der Waals surface area contributed by atoms with Crippen LogP contribution in [0.5, 0.6) is 0 Å². The molecule has 0 bridgehead atoms. The van der Waals surface area contributed by atoms with E-state index in [1.54, 1.807) is 12.4 Å². The fraction of sp³-hybridized carbons (Fsp3) is 0.407. The minimum Gasteiger partial charge on any atom is -0.368 e. The Morgan fingerprint density at radius 3 is 2.68 bits per heavy atom. The van der Waals surface area contributed by atoms with Crippen LogP contribution in [0.15, 0.2) is 42.6 Å². The van der Waals surface area contributed by atoms with Gasteiger partial charge in [-0.2, -0.15) is 5.26 Å². The molecule has 38 heavy (non-hydrogen) atoms. The second-order valence-electron chi connectivity index (χ2n) is 10.3. The van der Waals surface area contributed by atoms with Crippen molar-refractivity contribution in [2.75, 3.05) is 23.3 Å². The van der Waals surface area contributed by atoms with E-state index in [1.165, 1.54) is 24.2 Å². The maximum atomic E-state index is 13.3. The van der Waals surface area contributed by atoms with Crippen LogP contribution in [0.1, 0.15) is 66.7 Å². The van der Waals surface area contributed by atoms with Crippen LogP contribution in [-0.4, -0.2) is 48.1 Å². The zero-order chi connectivity index (χ0) is 25.6. The third-order valence-corrected chi connectivity index (χ3v) is 8.37. The van der Waals surface area contributed by atoms with E-state index in [4.69, 9.17) is 0 Å². The van der Waals surface area contributed by atoms with Crippen molar-refractivity contribution in [3.8, 4) is 22.6 Å². The quantitative estimate of drug-likeness (QED) is 0.368. The van der Waals surface area contributed by atoms with E-state index in [1.807, 2.05) is 28.5 Å². The van der Waals surface area contributed by atoms with Gasteiger partial charge in [0, 0.05) is 54.9 Å². The molecule has 0 unspecified atom stereocenters. The number of amides is 1. The second-order valence-corrected chi connectivity index (χ2v) is 11.2. The van der Waals surface area contributed by atoms with Gasteiger partial charge < -0.3 is 19.4 Å². The Kier molecular flexibility index (Phi) is 5.69. The maximum absolute atomic E-state index is 13.3. The highest BCUT2D eigenvalue weighted by Crippen LogP contribution is 2.40. The molecule has 1 N–H and O–H groups in total. The number of nitrogens with one attached hydrogen (secondary N) is 1. The summed E-state index contributed by atoms with van der Waals surface area (Å²) in [6, 6.07) is 4.72. The van der Waals surface area contributed by atoms with Gasteiger partial charge in [-0.15, -0.1) is 11.3 Å². The lowest BCUT2D eigenvalue weighted by Gasteiger charge is -2.32. The third kappa shape index (κ3) is 4.45. The number of nitriles is 1. The molecule has 11 heteroatoms. The highest BCUT2D eigenvalue weighted by Gasteiger charge is 2.28. The lowest BCUT2D eigenvalue weighted by Crippen LogP contribution is -2.34. The normalized spacial score (nSPS) is 17.9. The van der Waals surface area contributed by atoms with Crippen molar-refractivity contribution in [3.05, 3.63) is 53.9 Å². The van der Waals surface area contributed by atoms with Crippen molar-refractivity contribution in [3.63, 3.8) is 0 Å². The van der Waals surface area contributed by atoms with Crippen LogP contribution in [0.3, 0.4) is 0 Å². The van der Waals surface area contributed by atoms with Crippen LogP contribution in [-0.2, 0) is 0 Å².